The summed E-state index contributed by atoms with van der Waals surface area (Å²) in [7, 11) is 2.06. The Hall–Kier alpha value is -1.12. The van der Waals surface area contributed by atoms with Gasteiger partial charge < -0.3 is 15.3 Å². The van der Waals surface area contributed by atoms with Gasteiger partial charge in [-0.1, -0.05) is 30.3 Å². The monoisotopic (exact) mass is 485 g/mol. The fourth-order valence-corrected chi connectivity index (χ4v) is 4.04. The molecule has 142 valence electrons. The highest BCUT2D eigenvalue weighted by atomic mass is 127. The second-order valence-corrected chi connectivity index (χ2v) is 7.64. The number of halogens is 1. The predicted octanol–water partition coefficient (Wildman–Crippen LogP) is 3.64. The number of aryl methyl sites for hydroxylation is 1. The molecule has 26 heavy (non-hydrogen) atoms. The summed E-state index contributed by atoms with van der Waals surface area (Å²) in [4.78, 5) is 8.28. The number of likely N-dealkylation sites (N-methyl/N-ethyl adjacent to an activating group) is 1. The van der Waals surface area contributed by atoms with Gasteiger partial charge in [-0.2, -0.15) is 0 Å². The van der Waals surface area contributed by atoms with E-state index in [1.807, 2.05) is 18.2 Å². The van der Waals surface area contributed by atoms with Gasteiger partial charge in [0.2, 0.25) is 0 Å². The third-order valence-corrected chi connectivity index (χ3v) is 5.72. The van der Waals surface area contributed by atoms with E-state index >= 15 is 0 Å². The number of guanidine groups is 1. The van der Waals surface area contributed by atoms with Crippen LogP contribution in [0.4, 0.5) is 0 Å². The molecule has 0 fully saturated rings. The Morgan fingerprint density at radius 3 is 2.85 bits per heavy atom. The Kier molecular flexibility index (Phi) is 7.91. The van der Waals surface area contributed by atoms with Gasteiger partial charge in [0.1, 0.15) is 5.60 Å². The average molecular weight is 485 g/mol. The molecule has 1 unspecified atom stereocenters. The molecule has 0 radical (unpaired) electrons. The van der Waals surface area contributed by atoms with Crippen LogP contribution in [0.3, 0.4) is 0 Å². The molecule has 1 aromatic heterocycles. The van der Waals surface area contributed by atoms with Gasteiger partial charge in [-0.15, -0.1) is 35.3 Å². The van der Waals surface area contributed by atoms with Crippen LogP contribution in [0.25, 0.3) is 0 Å². The summed E-state index contributed by atoms with van der Waals surface area (Å²) in [5, 5.41) is 16.5. The highest BCUT2D eigenvalue weighted by molar-refractivity contribution is 14.0. The summed E-state index contributed by atoms with van der Waals surface area (Å²) in [6.45, 7) is 4.19. The number of aliphatic hydroxyl groups is 1. The normalized spacial score (nSPS) is 19.0. The van der Waals surface area contributed by atoms with E-state index in [0.717, 1.165) is 43.9 Å². The van der Waals surface area contributed by atoms with E-state index in [-0.39, 0.29) is 24.0 Å². The molecule has 6 heteroatoms. The molecule has 0 amide bonds. The summed E-state index contributed by atoms with van der Waals surface area (Å²) < 4.78 is 0. The van der Waals surface area contributed by atoms with Crippen molar-refractivity contribution in [2.45, 2.75) is 31.8 Å². The fourth-order valence-electron chi connectivity index (χ4n) is 3.35. The van der Waals surface area contributed by atoms with Gasteiger partial charge in [0.05, 0.1) is 6.54 Å². The molecular formula is C20H28IN3OS. The SMILES string of the molecule is CCNC(=NCC1(O)CCc2ccccc21)N(C)CCc1cccs1.I. The number of hydrogen-bond donors (Lipinski definition) is 2. The van der Waals surface area contributed by atoms with Crippen LogP contribution in [0.2, 0.25) is 0 Å². The van der Waals surface area contributed by atoms with Crippen LogP contribution in [-0.4, -0.2) is 42.6 Å². The predicted molar refractivity (Wildman–Crippen MR) is 121 cm³/mol. The lowest BCUT2D eigenvalue weighted by Crippen LogP contribution is -2.41. The van der Waals surface area contributed by atoms with Crippen molar-refractivity contribution in [2.24, 2.45) is 4.99 Å². The fraction of sp³-hybridized carbons (Fsp3) is 0.450. The van der Waals surface area contributed by atoms with Gasteiger partial charge in [0.25, 0.3) is 0 Å². The average Bonchev–Trinajstić information content (AvgIpc) is 3.26. The zero-order chi connectivity index (χ0) is 17.7. The quantitative estimate of drug-likeness (QED) is 0.373. The van der Waals surface area contributed by atoms with Crippen molar-refractivity contribution in [1.29, 1.82) is 0 Å². The first-order chi connectivity index (χ1) is 12.1. The van der Waals surface area contributed by atoms with Crippen LogP contribution < -0.4 is 5.32 Å². The minimum atomic E-state index is -0.841. The highest BCUT2D eigenvalue weighted by Crippen LogP contribution is 2.36. The smallest absolute Gasteiger partial charge is 0.193 e. The third-order valence-electron chi connectivity index (χ3n) is 4.79. The minimum Gasteiger partial charge on any atom is -0.383 e. The molecule has 1 heterocycles. The van der Waals surface area contributed by atoms with Crippen LogP contribution >= 0.6 is 35.3 Å². The van der Waals surface area contributed by atoms with Crippen molar-refractivity contribution in [3.8, 4) is 0 Å². The number of aliphatic imine (C=N–C) groups is 1. The maximum absolute atomic E-state index is 11.1. The van der Waals surface area contributed by atoms with E-state index in [9.17, 15) is 5.11 Å². The molecule has 2 aromatic rings. The maximum atomic E-state index is 11.1. The molecule has 0 saturated carbocycles. The van der Waals surface area contributed by atoms with Gasteiger partial charge in [0.15, 0.2) is 5.96 Å². The van der Waals surface area contributed by atoms with E-state index in [1.54, 1.807) is 11.3 Å². The molecule has 4 nitrogen and oxygen atoms in total. The first-order valence-corrected chi connectivity index (χ1v) is 9.83. The van der Waals surface area contributed by atoms with Gasteiger partial charge in [-0.05, 0) is 48.8 Å². The number of nitrogens with one attached hydrogen (secondary N) is 1. The van der Waals surface area contributed by atoms with E-state index < -0.39 is 5.60 Å². The largest absolute Gasteiger partial charge is 0.383 e. The second kappa shape index (κ2) is 9.71. The first kappa shape index (κ1) is 21.2. The molecule has 1 atom stereocenters. The molecule has 3 rings (SSSR count). The Morgan fingerprint density at radius 1 is 1.31 bits per heavy atom. The summed E-state index contributed by atoms with van der Waals surface area (Å²) in [6, 6.07) is 12.4. The van der Waals surface area contributed by atoms with E-state index in [2.05, 4.69) is 47.8 Å². The van der Waals surface area contributed by atoms with Crippen LogP contribution in [0.15, 0.2) is 46.8 Å². The van der Waals surface area contributed by atoms with Crippen molar-refractivity contribution in [2.75, 3.05) is 26.7 Å². The Balaban J connectivity index is 0.00000243. The number of hydrogen-bond acceptors (Lipinski definition) is 3. The van der Waals surface area contributed by atoms with Gasteiger partial charge in [-0.25, -0.2) is 4.99 Å². The van der Waals surface area contributed by atoms with Gasteiger partial charge in [0, 0.05) is 25.0 Å². The lowest BCUT2D eigenvalue weighted by Gasteiger charge is -2.25. The highest BCUT2D eigenvalue weighted by Gasteiger charge is 2.36. The molecule has 2 N–H and O–H groups in total. The summed E-state index contributed by atoms with van der Waals surface area (Å²) >= 11 is 1.79. The molecule has 1 aliphatic carbocycles. The Bertz CT molecular complexity index is 720. The lowest BCUT2D eigenvalue weighted by molar-refractivity contribution is 0.0483. The van der Waals surface area contributed by atoms with Gasteiger partial charge in [-0.3, -0.25) is 0 Å². The second-order valence-electron chi connectivity index (χ2n) is 6.61. The zero-order valence-electron chi connectivity index (χ0n) is 15.4. The molecule has 1 aliphatic rings. The number of nitrogens with zero attached hydrogens (tertiary/aromatic N) is 2. The van der Waals surface area contributed by atoms with Crippen molar-refractivity contribution < 1.29 is 5.11 Å². The van der Waals surface area contributed by atoms with Gasteiger partial charge >= 0.3 is 0 Å². The molecule has 0 bridgehead atoms. The first-order valence-electron chi connectivity index (χ1n) is 8.95. The summed E-state index contributed by atoms with van der Waals surface area (Å²) in [5.41, 5.74) is 1.44. The Morgan fingerprint density at radius 2 is 2.12 bits per heavy atom. The minimum absolute atomic E-state index is 0. The third kappa shape index (κ3) is 4.98. The number of rotatable bonds is 6. The van der Waals surface area contributed by atoms with Crippen LogP contribution in [0.1, 0.15) is 29.3 Å². The zero-order valence-corrected chi connectivity index (χ0v) is 18.6. The Labute approximate surface area is 177 Å². The number of benzene rings is 1. The van der Waals surface area contributed by atoms with Crippen molar-refractivity contribution in [3.05, 3.63) is 57.8 Å². The van der Waals surface area contributed by atoms with Crippen molar-refractivity contribution in [1.82, 2.24) is 10.2 Å². The van der Waals surface area contributed by atoms with Crippen molar-refractivity contribution >= 4 is 41.3 Å². The van der Waals surface area contributed by atoms with Crippen LogP contribution in [0, 0.1) is 0 Å². The topological polar surface area (TPSA) is 47.9 Å². The molecule has 0 aliphatic heterocycles. The summed E-state index contributed by atoms with van der Waals surface area (Å²) in [5.74, 6) is 0.858. The summed E-state index contributed by atoms with van der Waals surface area (Å²) in [6.07, 6.45) is 2.67. The van der Waals surface area contributed by atoms with Crippen LogP contribution in [0.5, 0.6) is 0 Å². The molecule has 0 spiro atoms. The maximum Gasteiger partial charge on any atom is 0.193 e. The number of fused-ring (bicyclic) bond motifs is 1. The standard InChI is InChI=1S/C20H27N3OS.HI/c1-3-21-19(23(2)13-11-17-8-6-14-25-17)22-15-20(24)12-10-16-7-4-5-9-18(16)20;/h4-9,14,24H,3,10-13,15H2,1-2H3,(H,21,22);1H. The van der Waals surface area contributed by atoms with E-state index in [0.29, 0.717) is 6.54 Å². The van der Waals surface area contributed by atoms with E-state index in [1.165, 1.54) is 10.4 Å². The molecule has 0 saturated heterocycles. The lowest BCUT2D eigenvalue weighted by atomic mass is 9.96. The van der Waals surface area contributed by atoms with Crippen molar-refractivity contribution in [3.63, 3.8) is 0 Å². The molecule has 1 aromatic carbocycles. The van der Waals surface area contributed by atoms with Crippen LogP contribution in [-0.2, 0) is 18.4 Å². The van der Waals surface area contributed by atoms with E-state index in [4.69, 9.17) is 4.99 Å². The molecular weight excluding hydrogens is 457 g/mol. The number of thiophene rings is 1.